The van der Waals surface area contributed by atoms with Crippen LogP contribution in [-0.4, -0.2) is 11.9 Å². The molecular formula is C23H32N2. The van der Waals surface area contributed by atoms with Crippen LogP contribution in [0.2, 0.25) is 0 Å². The molecule has 0 spiro atoms. The first-order chi connectivity index (χ1) is 12.3. The predicted molar refractivity (Wildman–Crippen MR) is 111 cm³/mol. The quantitative estimate of drug-likeness (QED) is 0.552. The molecule has 0 unspecified atom stereocenters. The first-order valence-electron chi connectivity index (χ1n) is 9.65. The largest absolute Gasteiger partial charge is 0.340 e. The van der Waals surface area contributed by atoms with E-state index in [0.29, 0.717) is 6.04 Å². The molecule has 2 aliphatic rings. The summed E-state index contributed by atoms with van der Waals surface area (Å²) in [4.78, 5) is 5.05. The Morgan fingerprint density at radius 3 is 2.72 bits per heavy atom. The van der Waals surface area contributed by atoms with Crippen molar-refractivity contribution in [1.82, 2.24) is 5.32 Å². The molecule has 1 saturated carbocycles. The molecule has 0 saturated heterocycles. The summed E-state index contributed by atoms with van der Waals surface area (Å²) in [5, 5.41) is 3.57. The molecular weight excluding hydrogens is 304 g/mol. The zero-order chi connectivity index (χ0) is 17.9. The Bertz CT molecular complexity index is 620. The molecule has 2 nitrogen and oxygen atoms in total. The molecule has 1 aliphatic carbocycles. The van der Waals surface area contributed by atoms with Crippen LogP contribution in [0, 0.1) is 0 Å². The number of amidine groups is 1. The summed E-state index contributed by atoms with van der Waals surface area (Å²) < 4.78 is 0. The molecule has 1 N–H and O–H groups in total. The van der Waals surface area contributed by atoms with Crippen LogP contribution in [0.4, 0.5) is 0 Å². The SMILES string of the molecule is C=CC1=C(/C=C\C=C\C)CC=C(/C=C/CCC)NC1=NC1CCCC1. The Kier molecular flexibility index (Phi) is 8.24. The minimum absolute atomic E-state index is 0.442. The highest BCUT2D eigenvalue weighted by atomic mass is 15.0. The van der Waals surface area contributed by atoms with Crippen LogP contribution in [-0.2, 0) is 0 Å². The predicted octanol–water partition coefficient (Wildman–Crippen LogP) is 6.18. The standard InChI is InChI=1S/C23H32N2/c1-4-7-9-13-19-17-18-21(14-10-8-5-2)25-23(22(19)6-3)24-20-15-11-12-16-20/h4,6-7,9-10,13-14,18,20H,3,5,8,11-12,15-17H2,1-2H3,(H,24,25)/b7-4+,13-9-,14-10+. The van der Waals surface area contributed by atoms with Gasteiger partial charge in [0.05, 0.1) is 6.04 Å². The van der Waals surface area contributed by atoms with Crippen LogP contribution in [0.5, 0.6) is 0 Å². The molecule has 0 atom stereocenters. The number of nitrogens with zero attached hydrogens (tertiary/aromatic N) is 1. The summed E-state index contributed by atoms with van der Waals surface area (Å²) >= 11 is 0. The molecule has 1 fully saturated rings. The van der Waals surface area contributed by atoms with Gasteiger partial charge < -0.3 is 5.32 Å². The molecule has 134 valence electrons. The van der Waals surface area contributed by atoms with Gasteiger partial charge in [0.25, 0.3) is 0 Å². The lowest BCUT2D eigenvalue weighted by Gasteiger charge is -2.14. The van der Waals surface area contributed by atoms with Crippen LogP contribution < -0.4 is 5.32 Å². The number of rotatable bonds is 7. The molecule has 1 aliphatic heterocycles. The normalized spacial score (nSPS) is 21.5. The number of nitrogens with one attached hydrogen (secondary N) is 1. The van der Waals surface area contributed by atoms with E-state index < -0.39 is 0 Å². The summed E-state index contributed by atoms with van der Waals surface area (Å²) in [5.74, 6) is 0.979. The van der Waals surface area contributed by atoms with Crippen molar-refractivity contribution in [1.29, 1.82) is 0 Å². The molecule has 0 aromatic heterocycles. The van der Waals surface area contributed by atoms with E-state index in [2.05, 4.69) is 55.3 Å². The Hall–Kier alpha value is -2.09. The van der Waals surface area contributed by atoms with E-state index in [4.69, 9.17) is 4.99 Å². The smallest absolute Gasteiger partial charge is 0.133 e. The average molecular weight is 337 g/mol. The van der Waals surface area contributed by atoms with Crippen LogP contribution in [0.25, 0.3) is 0 Å². The second kappa shape index (κ2) is 10.7. The summed E-state index contributed by atoms with van der Waals surface area (Å²) in [7, 11) is 0. The Morgan fingerprint density at radius 2 is 2.04 bits per heavy atom. The lowest BCUT2D eigenvalue weighted by molar-refractivity contribution is 0.703. The lowest BCUT2D eigenvalue weighted by atomic mass is 10.0. The summed E-state index contributed by atoms with van der Waals surface area (Å²) in [6.45, 7) is 8.29. The number of hydrogen-bond acceptors (Lipinski definition) is 1. The van der Waals surface area contributed by atoms with E-state index in [-0.39, 0.29) is 0 Å². The van der Waals surface area contributed by atoms with Gasteiger partial charge in [0.2, 0.25) is 0 Å². The van der Waals surface area contributed by atoms with Gasteiger partial charge in [0.15, 0.2) is 0 Å². The van der Waals surface area contributed by atoms with Crippen LogP contribution in [0.3, 0.4) is 0 Å². The third-order valence-corrected chi connectivity index (χ3v) is 4.60. The molecule has 0 aromatic carbocycles. The average Bonchev–Trinajstić information content (AvgIpc) is 3.06. The van der Waals surface area contributed by atoms with Gasteiger partial charge in [-0.3, -0.25) is 4.99 Å². The van der Waals surface area contributed by atoms with E-state index in [0.717, 1.165) is 29.9 Å². The Labute approximate surface area is 153 Å². The third-order valence-electron chi connectivity index (χ3n) is 4.60. The van der Waals surface area contributed by atoms with Gasteiger partial charge in [-0.2, -0.15) is 0 Å². The van der Waals surface area contributed by atoms with Crippen molar-refractivity contribution in [2.24, 2.45) is 4.99 Å². The molecule has 0 amide bonds. The maximum Gasteiger partial charge on any atom is 0.133 e. The fraction of sp³-hybridized carbons (Fsp3) is 0.435. The van der Waals surface area contributed by atoms with Crippen molar-refractivity contribution in [2.75, 3.05) is 0 Å². The first-order valence-corrected chi connectivity index (χ1v) is 9.65. The van der Waals surface area contributed by atoms with Crippen LogP contribution in [0.15, 0.2) is 77.0 Å². The molecule has 0 aromatic rings. The van der Waals surface area contributed by atoms with Gasteiger partial charge in [-0.05, 0) is 44.3 Å². The maximum absolute atomic E-state index is 5.05. The Morgan fingerprint density at radius 1 is 1.24 bits per heavy atom. The minimum atomic E-state index is 0.442. The second-order valence-corrected chi connectivity index (χ2v) is 6.62. The van der Waals surface area contributed by atoms with Crippen molar-refractivity contribution < 1.29 is 0 Å². The van der Waals surface area contributed by atoms with Gasteiger partial charge in [0.1, 0.15) is 5.84 Å². The van der Waals surface area contributed by atoms with E-state index in [9.17, 15) is 0 Å². The van der Waals surface area contributed by atoms with Crippen molar-refractivity contribution in [3.05, 3.63) is 72.0 Å². The van der Waals surface area contributed by atoms with Crippen molar-refractivity contribution >= 4 is 5.84 Å². The number of allylic oxidation sites excluding steroid dienone is 8. The van der Waals surface area contributed by atoms with E-state index in [1.807, 2.05) is 19.1 Å². The fourth-order valence-corrected chi connectivity index (χ4v) is 3.21. The number of unbranched alkanes of at least 4 members (excludes halogenated alkanes) is 1. The van der Waals surface area contributed by atoms with E-state index in [1.165, 1.54) is 37.7 Å². The number of aliphatic imine (C=N–C) groups is 1. The molecule has 2 rings (SSSR count). The van der Waals surface area contributed by atoms with Crippen LogP contribution in [0.1, 0.15) is 58.8 Å². The highest BCUT2D eigenvalue weighted by Crippen LogP contribution is 2.24. The van der Waals surface area contributed by atoms with E-state index >= 15 is 0 Å². The molecule has 25 heavy (non-hydrogen) atoms. The Balaban J connectivity index is 2.35. The van der Waals surface area contributed by atoms with Gasteiger partial charge in [-0.15, -0.1) is 0 Å². The minimum Gasteiger partial charge on any atom is -0.340 e. The highest BCUT2D eigenvalue weighted by molar-refractivity contribution is 6.03. The van der Waals surface area contributed by atoms with E-state index in [1.54, 1.807) is 0 Å². The summed E-state index contributed by atoms with van der Waals surface area (Å²) in [6.07, 6.45) is 25.1. The third kappa shape index (κ3) is 6.04. The van der Waals surface area contributed by atoms with Gasteiger partial charge in [0, 0.05) is 11.3 Å². The highest BCUT2D eigenvalue weighted by Gasteiger charge is 2.18. The fourth-order valence-electron chi connectivity index (χ4n) is 3.21. The molecule has 2 heteroatoms. The van der Waals surface area contributed by atoms with Gasteiger partial charge in [-0.1, -0.05) is 75.3 Å². The van der Waals surface area contributed by atoms with Gasteiger partial charge >= 0.3 is 0 Å². The molecule has 0 bridgehead atoms. The number of hydrogen-bond donors (Lipinski definition) is 1. The van der Waals surface area contributed by atoms with Gasteiger partial charge in [-0.25, -0.2) is 0 Å². The molecule has 0 radical (unpaired) electrons. The zero-order valence-corrected chi connectivity index (χ0v) is 15.8. The van der Waals surface area contributed by atoms with Crippen LogP contribution >= 0.6 is 0 Å². The van der Waals surface area contributed by atoms with Crippen molar-refractivity contribution in [3.63, 3.8) is 0 Å². The monoisotopic (exact) mass is 336 g/mol. The topological polar surface area (TPSA) is 24.4 Å². The van der Waals surface area contributed by atoms with Crippen molar-refractivity contribution in [3.8, 4) is 0 Å². The first kappa shape index (κ1) is 19.2. The molecule has 1 heterocycles. The maximum atomic E-state index is 5.05. The lowest BCUT2D eigenvalue weighted by Crippen LogP contribution is -2.25. The zero-order valence-electron chi connectivity index (χ0n) is 15.8. The summed E-state index contributed by atoms with van der Waals surface area (Å²) in [5.41, 5.74) is 3.53. The van der Waals surface area contributed by atoms with Crippen molar-refractivity contribution in [2.45, 2.75) is 64.8 Å². The second-order valence-electron chi connectivity index (χ2n) is 6.62. The summed E-state index contributed by atoms with van der Waals surface area (Å²) in [6, 6.07) is 0.442.